The number of esters is 1. The quantitative estimate of drug-likeness (QED) is 0.294. The van der Waals surface area contributed by atoms with E-state index in [9.17, 15) is 18.0 Å². The number of aromatic nitrogens is 3. The third-order valence-electron chi connectivity index (χ3n) is 5.50. The lowest BCUT2D eigenvalue weighted by Crippen LogP contribution is -2.28. The van der Waals surface area contributed by atoms with Gasteiger partial charge < -0.3 is 10.5 Å². The minimum absolute atomic E-state index is 0.152. The van der Waals surface area contributed by atoms with Gasteiger partial charge in [0.15, 0.2) is 0 Å². The Morgan fingerprint density at radius 3 is 2.36 bits per heavy atom. The van der Waals surface area contributed by atoms with Gasteiger partial charge in [-0.2, -0.15) is 13.2 Å². The fourth-order valence-corrected chi connectivity index (χ4v) is 4.30. The number of thiazole rings is 1. The summed E-state index contributed by atoms with van der Waals surface area (Å²) in [4.78, 5) is 24.9. The highest BCUT2D eigenvalue weighted by atomic mass is 32.1. The molecule has 5 rings (SSSR count). The van der Waals surface area contributed by atoms with E-state index in [0.717, 1.165) is 16.7 Å². The number of carbonyl (C=O) groups excluding carboxylic acids is 1. The van der Waals surface area contributed by atoms with E-state index in [1.165, 1.54) is 17.5 Å². The van der Waals surface area contributed by atoms with Gasteiger partial charge in [-0.3, -0.25) is 0 Å². The summed E-state index contributed by atoms with van der Waals surface area (Å²) in [7, 11) is 0. The molecule has 0 atom stereocenters. The fourth-order valence-electron chi connectivity index (χ4n) is 3.75. The molecule has 3 aromatic heterocycles. The molecule has 2 aromatic carbocycles. The third kappa shape index (κ3) is 4.56. The summed E-state index contributed by atoms with van der Waals surface area (Å²) in [6.07, 6.45) is -3.87. The molecule has 0 aliphatic heterocycles. The van der Waals surface area contributed by atoms with Crippen LogP contribution in [0, 0.1) is 0 Å². The van der Waals surface area contributed by atoms with Gasteiger partial charge in [0.1, 0.15) is 0 Å². The van der Waals surface area contributed by atoms with Gasteiger partial charge in [-0.25, -0.2) is 19.7 Å². The van der Waals surface area contributed by atoms with Crippen molar-refractivity contribution in [3.05, 3.63) is 83.3 Å². The number of halogens is 3. The van der Waals surface area contributed by atoms with E-state index in [-0.39, 0.29) is 5.39 Å². The van der Waals surface area contributed by atoms with Crippen LogP contribution in [0.4, 0.5) is 13.2 Å². The highest BCUT2D eigenvalue weighted by molar-refractivity contribution is 7.07. The van der Waals surface area contributed by atoms with Crippen molar-refractivity contribution in [2.45, 2.75) is 12.7 Å². The van der Waals surface area contributed by atoms with E-state index in [0.29, 0.717) is 34.6 Å². The number of alkyl halides is 3. The van der Waals surface area contributed by atoms with Crippen LogP contribution in [0.3, 0.4) is 0 Å². The molecule has 0 spiro atoms. The average molecular weight is 507 g/mol. The van der Waals surface area contributed by atoms with Gasteiger partial charge in [-0.05, 0) is 17.2 Å². The molecule has 10 heteroatoms. The Bertz CT molecular complexity index is 1540. The lowest BCUT2D eigenvalue weighted by atomic mass is 9.96. The zero-order valence-corrected chi connectivity index (χ0v) is 19.3. The van der Waals surface area contributed by atoms with Crippen molar-refractivity contribution >= 4 is 28.2 Å². The Balaban J connectivity index is 1.81. The minimum atomic E-state index is -5.18. The number of pyridine rings is 2. The number of ether oxygens (including phenoxy) is 1. The molecular weight excluding hydrogens is 489 g/mol. The first-order valence-electron chi connectivity index (χ1n) is 10.7. The first kappa shape index (κ1) is 23.6. The molecule has 0 bridgehead atoms. The predicted octanol–water partition coefficient (Wildman–Crippen LogP) is 6.01. The molecule has 5 aromatic rings. The zero-order valence-electron chi connectivity index (χ0n) is 18.5. The van der Waals surface area contributed by atoms with Gasteiger partial charge >= 0.3 is 12.1 Å². The predicted molar refractivity (Wildman–Crippen MR) is 131 cm³/mol. The summed E-state index contributed by atoms with van der Waals surface area (Å²) in [5, 5.41) is 1.93. The molecule has 0 saturated heterocycles. The third-order valence-corrected chi connectivity index (χ3v) is 6.08. The Kier molecular flexibility index (Phi) is 6.21. The minimum Gasteiger partial charge on any atom is -0.400 e. The van der Waals surface area contributed by atoms with Crippen LogP contribution in [0.2, 0.25) is 0 Å². The number of rotatable bonds is 5. The summed E-state index contributed by atoms with van der Waals surface area (Å²) in [5.74, 6) is -2.85. The normalized spacial score (nSPS) is 11.6. The Hall–Kier alpha value is -4.15. The van der Waals surface area contributed by atoms with Gasteiger partial charge in [0.05, 0.1) is 27.8 Å². The zero-order chi connectivity index (χ0) is 25.3. The second kappa shape index (κ2) is 9.48. The van der Waals surface area contributed by atoms with Gasteiger partial charge in [-0.1, -0.05) is 54.6 Å². The Morgan fingerprint density at radius 2 is 1.72 bits per heavy atom. The van der Waals surface area contributed by atoms with Crippen molar-refractivity contribution in [1.82, 2.24) is 15.0 Å². The number of hydrogen-bond acceptors (Lipinski definition) is 7. The summed E-state index contributed by atoms with van der Waals surface area (Å²) >= 11 is 1.35. The maximum absolute atomic E-state index is 13.0. The van der Waals surface area contributed by atoms with Crippen molar-refractivity contribution < 1.29 is 22.7 Å². The van der Waals surface area contributed by atoms with E-state index >= 15 is 0 Å². The van der Waals surface area contributed by atoms with Crippen LogP contribution < -0.4 is 10.5 Å². The molecule has 6 nitrogen and oxygen atoms in total. The standard InChI is InChI=1S/C26H17F3N4O2S/c27-26(28,29)25(34)35-24-19-10-18(16-4-2-1-3-5-16)22(17-8-6-15(11-30)7-9-17)33-23(19)20(12-31-24)21-13-36-14-32-21/h1-10,12-14H,11,30H2. The number of fused-ring (bicyclic) bond motifs is 1. The largest absolute Gasteiger partial charge is 0.491 e. The second-order valence-electron chi connectivity index (χ2n) is 7.79. The van der Waals surface area contributed by atoms with Crippen LogP contribution in [0.1, 0.15) is 5.56 Å². The summed E-state index contributed by atoms with van der Waals surface area (Å²) in [6, 6.07) is 18.5. The van der Waals surface area contributed by atoms with E-state index < -0.39 is 18.0 Å². The molecule has 2 N–H and O–H groups in total. The molecule has 180 valence electrons. The molecule has 36 heavy (non-hydrogen) atoms. The number of carbonyl (C=O) groups is 1. The molecule has 0 unspecified atom stereocenters. The van der Waals surface area contributed by atoms with Gasteiger partial charge in [0, 0.05) is 34.8 Å². The lowest BCUT2D eigenvalue weighted by Gasteiger charge is -2.15. The molecule has 3 heterocycles. The van der Waals surface area contributed by atoms with Crippen molar-refractivity contribution in [1.29, 1.82) is 0 Å². The van der Waals surface area contributed by atoms with Crippen LogP contribution in [-0.2, 0) is 11.3 Å². The molecular formula is C26H17F3N4O2S. The van der Waals surface area contributed by atoms with Crippen LogP contribution in [0.15, 0.2) is 77.8 Å². The number of benzene rings is 2. The van der Waals surface area contributed by atoms with E-state index in [4.69, 9.17) is 10.7 Å². The highest BCUT2D eigenvalue weighted by Gasteiger charge is 2.42. The molecule has 0 aliphatic rings. The molecule has 0 aliphatic carbocycles. The van der Waals surface area contributed by atoms with Gasteiger partial charge in [0.2, 0.25) is 5.88 Å². The van der Waals surface area contributed by atoms with Crippen LogP contribution in [0.5, 0.6) is 5.88 Å². The van der Waals surface area contributed by atoms with Gasteiger partial charge in [0.25, 0.3) is 0 Å². The maximum Gasteiger partial charge on any atom is 0.491 e. The van der Waals surface area contributed by atoms with Gasteiger partial charge in [-0.15, -0.1) is 11.3 Å². The number of nitrogens with two attached hydrogens (primary N) is 1. The lowest BCUT2D eigenvalue weighted by molar-refractivity contribution is -0.189. The number of hydrogen-bond donors (Lipinski definition) is 1. The highest BCUT2D eigenvalue weighted by Crippen LogP contribution is 2.39. The molecule has 0 radical (unpaired) electrons. The molecule has 0 fully saturated rings. The SMILES string of the molecule is NCc1ccc(-c2nc3c(-c4cscn4)cnc(OC(=O)C(F)(F)F)c3cc2-c2ccccc2)cc1. The van der Waals surface area contributed by atoms with E-state index in [1.807, 2.05) is 54.6 Å². The monoisotopic (exact) mass is 506 g/mol. The smallest absolute Gasteiger partial charge is 0.400 e. The average Bonchev–Trinajstić information content (AvgIpc) is 3.43. The summed E-state index contributed by atoms with van der Waals surface area (Å²) in [5.41, 5.74) is 12.4. The van der Waals surface area contributed by atoms with Crippen LogP contribution >= 0.6 is 11.3 Å². The summed E-state index contributed by atoms with van der Waals surface area (Å²) < 4.78 is 43.7. The van der Waals surface area contributed by atoms with E-state index in [1.54, 1.807) is 17.0 Å². The number of nitrogens with zero attached hydrogens (tertiary/aromatic N) is 3. The van der Waals surface area contributed by atoms with Crippen molar-refractivity contribution in [2.24, 2.45) is 5.73 Å². The molecule has 0 saturated carbocycles. The van der Waals surface area contributed by atoms with Crippen LogP contribution in [0.25, 0.3) is 44.5 Å². The van der Waals surface area contributed by atoms with Crippen molar-refractivity contribution in [2.75, 3.05) is 0 Å². The molecule has 0 amide bonds. The topological polar surface area (TPSA) is 91.0 Å². The first-order chi connectivity index (χ1) is 17.3. The fraction of sp³-hybridized carbons (Fsp3) is 0.0769. The van der Waals surface area contributed by atoms with E-state index in [2.05, 4.69) is 14.7 Å². The maximum atomic E-state index is 13.0. The van der Waals surface area contributed by atoms with Crippen LogP contribution in [-0.4, -0.2) is 27.1 Å². The van der Waals surface area contributed by atoms with Crippen molar-refractivity contribution in [3.8, 4) is 39.5 Å². The Morgan fingerprint density at radius 1 is 0.972 bits per heavy atom. The second-order valence-corrected chi connectivity index (χ2v) is 8.50. The Labute approximate surface area is 207 Å². The summed E-state index contributed by atoms with van der Waals surface area (Å²) in [6.45, 7) is 0.380. The first-order valence-corrected chi connectivity index (χ1v) is 11.7. The van der Waals surface area contributed by atoms with Crippen molar-refractivity contribution in [3.63, 3.8) is 0 Å².